The predicted octanol–water partition coefficient (Wildman–Crippen LogP) is 3.36. The molecule has 1 aliphatic heterocycles. The Kier molecular flexibility index (Phi) is 6.91. The third kappa shape index (κ3) is 5.59. The number of hydrogen-bond acceptors (Lipinski definition) is 5. The minimum atomic E-state index is -0.225. The Balaban J connectivity index is 1.24. The molecule has 0 unspecified atom stereocenters. The first-order valence-electron chi connectivity index (χ1n) is 10.5. The third-order valence-electron chi connectivity index (χ3n) is 5.36. The van der Waals surface area contributed by atoms with Crippen molar-refractivity contribution >= 4 is 34.2 Å². The van der Waals surface area contributed by atoms with Gasteiger partial charge < -0.3 is 10.2 Å². The van der Waals surface area contributed by atoms with Crippen molar-refractivity contribution in [2.24, 2.45) is 0 Å². The Labute approximate surface area is 190 Å². The summed E-state index contributed by atoms with van der Waals surface area (Å²) in [4.78, 5) is 43.4. The highest BCUT2D eigenvalue weighted by molar-refractivity contribution is 7.14. The molecule has 4 rings (SSSR count). The molecule has 1 fully saturated rings. The lowest BCUT2D eigenvalue weighted by atomic mass is 10.0. The van der Waals surface area contributed by atoms with Gasteiger partial charge in [0.15, 0.2) is 5.13 Å². The van der Waals surface area contributed by atoms with Crippen LogP contribution in [-0.4, -0.2) is 46.7 Å². The van der Waals surface area contributed by atoms with Crippen molar-refractivity contribution in [3.8, 4) is 0 Å². The summed E-state index contributed by atoms with van der Waals surface area (Å²) < 4.78 is 0. The lowest BCUT2D eigenvalue weighted by molar-refractivity contribution is -0.131. The molecule has 7 nitrogen and oxygen atoms in total. The third-order valence-corrected chi connectivity index (χ3v) is 6.17. The number of aromatic nitrogens is 1. The molecule has 2 N–H and O–H groups in total. The fourth-order valence-electron chi connectivity index (χ4n) is 3.60. The van der Waals surface area contributed by atoms with E-state index in [1.165, 1.54) is 11.3 Å². The van der Waals surface area contributed by atoms with Gasteiger partial charge in [-0.3, -0.25) is 19.7 Å². The Morgan fingerprint density at radius 1 is 0.906 bits per heavy atom. The van der Waals surface area contributed by atoms with Crippen LogP contribution in [0.25, 0.3) is 0 Å². The van der Waals surface area contributed by atoms with Gasteiger partial charge in [0, 0.05) is 35.6 Å². The summed E-state index contributed by atoms with van der Waals surface area (Å²) in [5.41, 5.74) is 1.84. The van der Waals surface area contributed by atoms with E-state index in [-0.39, 0.29) is 30.2 Å². The first-order valence-corrected chi connectivity index (χ1v) is 11.4. The molecule has 1 aromatic heterocycles. The average molecular weight is 449 g/mol. The van der Waals surface area contributed by atoms with Crippen LogP contribution in [0, 0.1) is 0 Å². The van der Waals surface area contributed by atoms with Crippen molar-refractivity contribution in [3.63, 3.8) is 0 Å². The summed E-state index contributed by atoms with van der Waals surface area (Å²) in [6.07, 6.45) is 1.64. The van der Waals surface area contributed by atoms with E-state index in [1.54, 1.807) is 41.8 Å². The summed E-state index contributed by atoms with van der Waals surface area (Å²) in [6.45, 7) is 1.20. The van der Waals surface area contributed by atoms with Crippen LogP contribution < -0.4 is 10.6 Å². The second kappa shape index (κ2) is 10.2. The number of benzene rings is 2. The normalized spacial score (nSPS) is 14.1. The summed E-state index contributed by atoms with van der Waals surface area (Å²) in [7, 11) is 0. The van der Waals surface area contributed by atoms with Gasteiger partial charge in [-0.1, -0.05) is 36.4 Å². The number of nitrogens with one attached hydrogen (secondary N) is 2. The zero-order valence-electron chi connectivity index (χ0n) is 17.5. The summed E-state index contributed by atoms with van der Waals surface area (Å²) in [6, 6.07) is 18.1. The molecule has 3 amide bonds. The largest absolute Gasteiger partial charge is 0.349 e. The highest BCUT2D eigenvalue weighted by Gasteiger charge is 2.24. The minimum absolute atomic E-state index is 0.00377. The molecular formula is C24H24N4O3S. The zero-order valence-corrected chi connectivity index (χ0v) is 18.3. The minimum Gasteiger partial charge on any atom is -0.349 e. The molecule has 0 saturated carbocycles. The van der Waals surface area contributed by atoms with E-state index >= 15 is 0 Å². The quantitative estimate of drug-likeness (QED) is 0.605. The van der Waals surface area contributed by atoms with E-state index in [0.717, 1.165) is 12.8 Å². The molecule has 0 spiro atoms. The van der Waals surface area contributed by atoms with Gasteiger partial charge in [0.25, 0.3) is 11.8 Å². The number of piperidine rings is 1. The topological polar surface area (TPSA) is 91.4 Å². The number of amides is 3. The molecule has 2 aromatic carbocycles. The lowest BCUT2D eigenvalue weighted by Gasteiger charge is -2.32. The summed E-state index contributed by atoms with van der Waals surface area (Å²) >= 11 is 1.31. The van der Waals surface area contributed by atoms with Crippen LogP contribution in [0.2, 0.25) is 0 Å². The van der Waals surface area contributed by atoms with Gasteiger partial charge in [-0.15, -0.1) is 11.3 Å². The second-order valence-electron chi connectivity index (χ2n) is 7.64. The lowest BCUT2D eigenvalue weighted by Crippen LogP contribution is -2.47. The number of nitrogens with zero attached hydrogens (tertiary/aromatic N) is 2. The van der Waals surface area contributed by atoms with E-state index in [2.05, 4.69) is 15.6 Å². The van der Waals surface area contributed by atoms with Crippen LogP contribution in [0.1, 0.15) is 39.3 Å². The number of thiazole rings is 1. The van der Waals surface area contributed by atoms with E-state index in [1.807, 2.05) is 29.2 Å². The van der Waals surface area contributed by atoms with Crippen molar-refractivity contribution in [1.82, 2.24) is 15.2 Å². The molecular weight excluding hydrogens is 424 g/mol. The molecule has 1 saturated heterocycles. The highest BCUT2D eigenvalue weighted by Crippen LogP contribution is 2.19. The van der Waals surface area contributed by atoms with Crippen molar-refractivity contribution in [2.45, 2.75) is 25.3 Å². The van der Waals surface area contributed by atoms with E-state index in [4.69, 9.17) is 0 Å². The van der Waals surface area contributed by atoms with Crippen molar-refractivity contribution in [1.29, 1.82) is 0 Å². The molecule has 164 valence electrons. The number of anilines is 1. The fourth-order valence-corrected chi connectivity index (χ4v) is 4.31. The summed E-state index contributed by atoms with van der Waals surface area (Å²) in [5.74, 6) is -0.301. The molecule has 2 heterocycles. The first kappa shape index (κ1) is 21.7. The van der Waals surface area contributed by atoms with Gasteiger partial charge >= 0.3 is 0 Å². The van der Waals surface area contributed by atoms with Gasteiger partial charge in [0.1, 0.15) is 0 Å². The molecule has 0 atom stereocenters. The van der Waals surface area contributed by atoms with Crippen LogP contribution in [0.4, 0.5) is 5.13 Å². The van der Waals surface area contributed by atoms with Gasteiger partial charge in [0.2, 0.25) is 5.91 Å². The van der Waals surface area contributed by atoms with Crippen molar-refractivity contribution in [2.75, 3.05) is 18.4 Å². The maximum atomic E-state index is 12.7. The van der Waals surface area contributed by atoms with Gasteiger partial charge in [-0.2, -0.15) is 0 Å². The predicted molar refractivity (Wildman–Crippen MR) is 124 cm³/mol. The Morgan fingerprint density at radius 2 is 1.50 bits per heavy atom. The first-order chi connectivity index (χ1) is 15.6. The Bertz CT molecular complexity index is 1080. The average Bonchev–Trinajstić information content (AvgIpc) is 3.27. The van der Waals surface area contributed by atoms with E-state index < -0.39 is 0 Å². The van der Waals surface area contributed by atoms with Crippen LogP contribution in [0.3, 0.4) is 0 Å². The van der Waals surface area contributed by atoms with Crippen molar-refractivity contribution in [3.05, 3.63) is 82.9 Å². The van der Waals surface area contributed by atoms with Gasteiger partial charge in [-0.05, 0) is 37.1 Å². The van der Waals surface area contributed by atoms with Gasteiger partial charge in [-0.25, -0.2) is 4.98 Å². The number of likely N-dealkylation sites (tertiary alicyclic amines) is 1. The van der Waals surface area contributed by atoms with E-state index in [0.29, 0.717) is 35.0 Å². The fraction of sp³-hybridized carbons (Fsp3) is 0.250. The smallest absolute Gasteiger partial charge is 0.257 e. The number of rotatable bonds is 6. The highest BCUT2D eigenvalue weighted by atomic mass is 32.1. The van der Waals surface area contributed by atoms with Crippen LogP contribution >= 0.6 is 11.3 Å². The standard InChI is InChI=1S/C24H24N4O3S/c29-21(15-20-16-32-24(26-20)27-23(31)18-9-5-2-6-10-18)28-13-11-19(12-14-28)25-22(30)17-7-3-1-4-8-17/h1-10,16,19H,11-15H2,(H,25,30)(H,26,27,31). The number of hydrogen-bond donors (Lipinski definition) is 2. The van der Waals surface area contributed by atoms with Gasteiger partial charge in [0.05, 0.1) is 12.1 Å². The van der Waals surface area contributed by atoms with Crippen LogP contribution in [0.15, 0.2) is 66.0 Å². The second-order valence-corrected chi connectivity index (χ2v) is 8.49. The molecule has 0 radical (unpaired) electrons. The molecule has 32 heavy (non-hydrogen) atoms. The number of carbonyl (C=O) groups is 3. The zero-order chi connectivity index (χ0) is 22.3. The molecule has 1 aliphatic rings. The van der Waals surface area contributed by atoms with Crippen molar-refractivity contribution < 1.29 is 14.4 Å². The SMILES string of the molecule is O=C(Nc1nc(CC(=O)N2CCC(NC(=O)c3ccccc3)CC2)cs1)c1ccccc1. The van der Waals surface area contributed by atoms with E-state index in [9.17, 15) is 14.4 Å². The van der Waals surface area contributed by atoms with Crippen LogP contribution in [-0.2, 0) is 11.2 Å². The monoisotopic (exact) mass is 448 g/mol. The maximum absolute atomic E-state index is 12.7. The Hall–Kier alpha value is -3.52. The van der Waals surface area contributed by atoms with Crippen LogP contribution in [0.5, 0.6) is 0 Å². The maximum Gasteiger partial charge on any atom is 0.257 e. The molecule has 3 aromatic rings. The molecule has 0 aliphatic carbocycles. The molecule has 8 heteroatoms. The summed E-state index contributed by atoms with van der Waals surface area (Å²) in [5, 5.41) is 8.10. The Morgan fingerprint density at radius 3 is 2.12 bits per heavy atom. The molecule has 0 bridgehead atoms. The number of carbonyl (C=O) groups excluding carboxylic acids is 3.